The Hall–Kier alpha value is -1.83. The average Bonchev–Trinajstić information content (AvgIpc) is 3.03. The summed E-state index contributed by atoms with van der Waals surface area (Å²) in [6.07, 6.45) is 2.90. The van der Waals surface area contributed by atoms with Gasteiger partial charge in [-0.05, 0) is 54.3 Å². The molecule has 0 radical (unpaired) electrons. The van der Waals surface area contributed by atoms with E-state index in [9.17, 15) is 4.79 Å². The molecule has 1 fully saturated rings. The van der Waals surface area contributed by atoms with Gasteiger partial charge in [-0.15, -0.1) is 0 Å². The highest BCUT2D eigenvalue weighted by Gasteiger charge is 2.22. The highest BCUT2D eigenvalue weighted by Crippen LogP contribution is 2.31. The smallest absolute Gasteiger partial charge is 0.263 e. The Labute approximate surface area is 189 Å². The van der Waals surface area contributed by atoms with Gasteiger partial charge in [-0.1, -0.05) is 65.9 Å². The van der Waals surface area contributed by atoms with Crippen LogP contribution in [0.1, 0.15) is 37.3 Å². The maximum atomic E-state index is 11.9. The molecule has 0 bridgehead atoms. The van der Waals surface area contributed by atoms with E-state index in [1.165, 1.54) is 17.3 Å². The molecule has 1 amide bonds. The quantitative estimate of drug-likeness (QED) is 0.282. The molecular formula is C22H22BrNO3S2. The summed E-state index contributed by atoms with van der Waals surface area (Å²) in [4.78, 5) is 12.5. The molecule has 2 aromatic rings. The van der Waals surface area contributed by atoms with E-state index >= 15 is 0 Å². The third-order valence-electron chi connectivity index (χ3n) is 4.57. The molecule has 152 valence electrons. The number of benzene rings is 2. The first kappa shape index (κ1) is 21.9. The van der Waals surface area contributed by atoms with Crippen molar-refractivity contribution in [2.75, 3.05) is 13.2 Å². The lowest BCUT2D eigenvalue weighted by Crippen LogP contribution is -2.17. The molecule has 0 aliphatic carbocycles. The summed E-state index contributed by atoms with van der Waals surface area (Å²) in [7, 11) is 0. The molecule has 2 aromatic carbocycles. The topological polar surface area (TPSA) is 47.6 Å². The number of rotatable bonds is 8. The molecule has 3 rings (SSSR count). The zero-order valence-corrected chi connectivity index (χ0v) is 19.5. The highest BCUT2D eigenvalue weighted by atomic mass is 79.9. The molecule has 1 N–H and O–H groups in total. The third-order valence-corrected chi connectivity index (χ3v) is 6.23. The van der Waals surface area contributed by atoms with Crippen molar-refractivity contribution in [2.45, 2.75) is 26.2 Å². The van der Waals surface area contributed by atoms with Gasteiger partial charge < -0.3 is 14.8 Å². The second-order valence-corrected chi connectivity index (χ2v) is 9.24. The van der Waals surface area contributed by atoms with Crippen molar-refractivity contribution in [3.8, 4) is 11.5 Å². The van der Waals surface area contributed by atoms with Crippen LogP contribution in [0.3, 0.4) is 0 Å². The van der Waals surface area contributed by atoms with Crippen LogP contribution in [0.5, 0.6) is 11.5 Å². The van der Waals surface area contributed by atoms with Crippen LogP contribution in [0.4, 0.5) is 0 Å². The SMILES string of the molecule is CC[C@H](C)c1ccc(OCCOc2ccc(Br)cc2/C=C2\SC(=S)NC2=O)cc1. The lowest BCUT2D eigenvalue weighted by molar-refractivity contribution is -0.115. The van der Waals surface area contributed by atoms with Crippen molar-refractivity contribution in [1.82, 2.24) is 5.32 Å². The Bertz CT molecular complexity index is 928. The average molecular weight is 492 g/mol. The van der Waals surface area contributed by atoms with Crippen molar-refractivity contribution >= 4 is 56.2 Å². The number of thioether (sulfide) groups is 1. The molecule has 1 heterocycles. The van der Waals surface area contributed by atoms with Gasteiger partial charge >= 0.3 is 0 Å². The van der Waals surface area contributed by atoms with Gasteiger partial charge in [0.05, 0.1) is 4.91 Å². The van der Waals surface area contributed by atoms with Crippen molar-refractivity contribution < 1.29 is 14.3 Å². The first-order valence-corrected chi connectivity index (χ1v) is 11.4. The normalized spacial score (nSPS) is 16.0. The Morgan fingerprint density at radius 2 is 1.90 bits per heavy atom. The van der Waals surface area contributed by atoms with Gasteiger partial charge in [-0.25, -0.2) is 0 Å². The molecule has 7 heteroatoms. The summed E-state index contributed by atoms with van der Waals surface area (Å²) in [5.41, 5.74) is 2.12. The molecule has 0 spiro atoms. The Morgan fingerprint density at radius 3 is 2.55 bits per heavy atom. The number of hydrogen-bond donors (Lipinski definition) is 1. The van der Waals surface area contributed by atoms with E-state index in [1.807, 2.05) is 30.3 Å². The van der Waals surface area contributed by atoms with Gasteiger partial charge in [0, 0.05) is 10.0 Å². The van der Waals surface area contributed by atoms with Crippen molar-refractivity contribution in [3.63, 3.8) is 0 Å². The molecule has 1 aliphatic rings. The molecule has 0 saturated carbocycles. The minimum absolute atomic E-state index is 0.185. The fourth-order valence-electron chi connectivity index (χ4n) is 2.77. The van der Waals surface area contributed by atoms with E-state index in [2.05, 4.69) is 47.2 Å². The molecule has 0 aromatic heterocycles. The van der Waals surface area contributed by atoms with Gasteiger partial charge in [0.15, 0.2) is 0 Å². The van der Waals surface area contributed by atoms with Gasteiger partial charge in [0.25, 0.3) is 5.91 Å². The monoisotopic (exact) mass is 491 g/mol. The predicted octanol–water partition coefficient (Wildman–Crippen LogP) is 5.91. The van der Waals surface area contributed by atoms with E-state index in [-0.39, 0.29) is 5.91 Å². The largest absolute Gasteiger partial charge is 0.490 e. The second-order valence-electron chi connectivity index (χ2n) is 6.61. The van der Waals surface area contributed by atoms with E-state index in [4.69, 9.17) is 21.7 Å². The summed E-state index contributed by atoms with van der Waals surface area (Å²) in [6, 6.07) is 13.9. The summed E-state index contributed by atoms with van der Waals surface area (Å²) in [5, 5.41) is 2.62. The Kier molecular flexibility index (Phi) is 7.75. The maximum absolute atomic E-state index is 11.9. The number of ether oxygens (including phenoxy) is 2. The molecule has 4 nitrogen and oxygen atoms in total. The maximum Gasteiger partial charge on any atom is 0.263 e. The van der Waals surface area contributed by atoms with Crippen LogP contribution in [0, 0.1) is 0 Å². The highest BCUT2D eigenvalue weighted by molar-refractivity contribution is 9.10. The molecule has 1 atom stereocenters. The summed E-state index contributed by atoms with van der Waals surface area (Å²) < 4.78 is 13.1. The molecule has 0 unspecified atom stereocenters. The van der Waals surface area contributed by atoms with Gasteiger partial charge in [0.2, 0.25) is 0 Å². The summed E-state index contributed by atoms with van der Waals surface area (Å²) >= 11 is 9.76. The number of carbonyl (C=O) groups is 1. The minimum Gasteiger partial charge on any atom is -0.490 e. The van der Waals surface area contributed by atoms with E-state index in [0.29, 0.717) is 34.1 Å². The fraction of sp³-hybridized carbons (Fsp3) is 0.273. The van der Waals surface area contributed by atoms with Crippen molar-refractivity contribution in [1.29, 1.82) is 0 Å². The lowest BCUT2D eigenvalue weighted by Gasteiger charge is -2.12. The van der Waals surface area contributed by atoms with Crippen LogP contribution in [-0.4, -0.2) is 23.4 Å². The van der Waals surface area contributed by atoms with Gasteiger partial charge in [-0.2, -0.15) is 0 Å². The molecule has 29 heavy (non-hydrogen) atoms. The predicted molar refractivity (Wildman–Crippen MR) is 127 cm³/mol. The van der Waals surface area contributed by atoms with Crippen molar-refractivity contribution in [2.24, 2.45) is 0 Å². The first-order chi connectivity index (χ1) is 14.0. The van der Waals surface area contributed by atoms with Crippen LogP contribution in [-0.2, 0) is 4.79 Å². The zero-order chi connectivity index (χ0) is 20.8. The van der Waals surface area contributed by atoms with Gasteiger partial charge in [0.1, 0.15) is 29.0 Å². The zero-order valence-electron chi connectivity index (χ0n) is 16.2. The van der Waals surface area contributed by atoms with E-state index < -0.39 is 0 Å². The van der Waals surface area contributed by atoms with E-state index in [0.717, 1.165) is 22.2 Å². The fourth-order valence-corrected chi connectivity index (χ4v) is 4.18. The van der Waals surface area contributed by atoms with Crippen LogP contribution < -0.4 is 14.8 Å². The molecule has 1 saturated heterocycles. The van der Waals surface area contributed by atoms with Crippen LogP contribution in [0.25, 0.3) is 6.08 Å². The third kappa shape index (κ3) is 6.07. The number of halogens is 1. The van der Waals surface area contributed by atoms with Gasteiger partial charge in [-0.3, -0.25) is 4.79 Å². The minimum atomic E-state index is -0.185. The second kappa shape index (κ2) is 10.3. The van der Waals surface area contributed by atoms with Crippen molar-refractivity contribution in [3.05, 3.63) is 63.0 Å². The van der Waals surface area contributed by atoms with Crippen LogP contribution in [0.2, 0.25) is 0 Å². The first-order valence-electron chi connectivity index (χ1n) is 9.36. The Morgan fingerprint density at radius 1 is 1.17 bits per heavy atom. The summed E-state index contributed by atoms with van der Waals surface area (Å²) in [5.74, 6) is 1.87. The van der Waals surface area contributed by atoms with Crippen LogP contribution in [0.15, 0.2) is 51.8 Å². The number of carbonyl (C=O) groups excluding carboxylic acids is 1. The molecular weight excluding hydrogens is 470 g/mol. The van der Waals surface area contributed by atoms with Crippen LogP contribution >= 0.6 is 39.9 Å². The lowest BCUT2D eigenvalue weighted by atomic mass is 9.99. The number of hydrogen-bond acceptors (Lipinski definition) is 5. The number of thiocarbonyl (C=S) groups is 1. The van der Waals surface area contributed by atoms with E-state index in [1.54, 1.807) is 6.08 Å². The molecule has 1 aliphatic heterocycles. The number of nitrogens with one attached hydrogen (secondary N) is 1. The number of amides is 1. The standard InChI is InChI=1S/C22H22BrNO3S2/c1-3-14(2)15-4-7-18(8-5-15)26-10-11-27-19-9-6-17(23)12-16(19)13-20-21(25)24-22(28)29-20/h4-9,12-14H,3,10-11H2,1-2H3,(H,24,25,28)/b20-13-/t14-/m0/s1. The Balaban J connectivity index is 1.59. The summed E-state index contributed by atoms with van der Waals surface area (Å²) in [6.45, 7) is 5.22.